The van der Waals surface area contributed by atoms with Gasteiger partial charge in [0.1, 0.15) is 0 Å². The van der Waals surface area contributed by atoms with Crippen molar-refractivity contribution in [1.29, 1.82) is 0 Å². The molecule has 1 fully saturated rings. The predicted octanol–water partition coefficient (Wildman–Crippen LogP) is 4.13. The van der Waals surface area contributed by atoms with E-state index in [1.165, 1.54) is 36.9 Å². The van der Waals surface area contributed by atoms with Crippen LogP contribution < -0.4 is 5.32 Å². The van der Waals surface area contributed by atoms with Crippen molar-refractivity contribution in [3.05, 3.63) is 35.4 Å². The number of hydrogen-bond acceptors (Lipinski definition) is 1. The molecule has 100 valence electrons. The molecule has 0 amide bonds. The third-order valence-corrected chi connectivity index (χ3v) is 4.55. The SMILES string of the molecule is CC(C)c1ccc(CC2(C(C)C)CCCN2)cc1. The Balaban J connectivity index is 2.12. The number of rotatable bonds is 4. The Morgan fingerprint density at radius 2 is 1.78 bits per heavy atom. The molecule has 1 aromatic rings. The molecule has 1 unspecified atom stereocenters. The van der Waals surface area contributed by atoms with Crippen LogP contribution in [0.5, 0.6) is 0 Å². The van der Waals surface area contributed by atoms with Gasteiger partial charge in [0.15, 0.2) is 0 Å². The van der Waals surface area contributed by atoms with E-state index in [-0.39, 0.29) is 0 Å². The molecule has 0 bridgehead atoms. The van der Waals surface area contributed by atoms with Crippen LogP contribution in [0.3, 0.4) is 0 Å². The van der Waals surface area contributed by atoms with Crippen molar-refractivity contribution in [1.82, 2.24) is 5.32 Å². The summed E-state index contributed by atoms with van der Waals surface area (Å²) in [5, 5.41) is 3.76. The van der Waals surface area contributed by atoms with Crippen molar-refractivity contribution < 1.29 is 0 Å². The quantitative estimate of drug-likeness (QED) is 0.841. The minimum Gasteiger partial charge on any atom is -0.311 e. The summed E-state index contributed by atoms with van der Waals surface area (Å²) in [5.74, 6) is 1.33. The number of benzene rings is 1. The van der Waals surface area contributed by atoms with Gasteiger partial charge in [0.2, 0.25) is 0 Å². The van der Waals surface area contributed by atoms with E-state index in [1.54, 1.807) is 0 Å². The maximum atomic E-state index is 3.76. The van der Waals surface area contributed by atoms with Gasteiger partial charge >= 0.3 is 0 Å². The van der Waals surface area contributed by atoms with Crippen LogP contribution in [0, 0.1) is 5.92 Å². The Hall–Kier alpha value is -0.820. The molecule has 1 aromatic carbocycles. The molecule has 1 heterocycles. The first-order chi connectivity index (χ1) is 8.53. The van der Waals surface area contributed by atoms with Crippen molar-refractivity contribution in [2.45, 2.75) is 58.4 Å². The molecule has 0 radical (unpaired) electrons. The van der Waals surface area contributed by atoms with Crippen LogP contribution in [0.4, 0.5) is 0 Å². The Morgan fingerprint density at radius 1 is 1.11 bits per heavy atom. The van der Waals surface area contributed by atoms with E-state index in [9.17, 15) is 0 Å². The highest BCUT2D eigenvalue weighted by molar-refractivity contribution is 5.26. The molecule has 1 aliphatic heterocycles. The second kappa shape index (κ2) is 5.44. The average molecular weight is 245 g/mol. The minimum atomic E-state index is 0.333. The van der Waals surface area contributed by atoms with Crippen molar-refractivity contribution in [3.63, 3.8) is 0 Å². The molecule has 0 spiro atoms. The zero-order chi connectivity index (χ0) is 13.2. The molecule has 1 N–H and O–H groups in total. The van der Waals surface area contributed by atoms with Crippen molar-refractivity contribution in [2.75, 3.05) is 6.54 Å². The topological polar surface area (TPSA) is 12.0 Å². The summed E-state index contributed by atoms with van der Waals surface area (Å²) in [6.07, 6.45) is 3.81. The molecular formula is C17H27N. The lowest BCUT2D eigenvalue weighted by molar-refractivity contribution is 0.269. The summed E-state index contributed by atoms with van der Waals surface area (Å²) < 4.78 is 0. The fourth-order valence-corrected chi connectivity index (χ4v) is 3.06. The highest BCUT2D eigenvalue weighted by atomic mass is 15.0. The molecule has 1 nitrogen and oxygen atoms in total. The Morgan fingerprint density at radius 3 is 2.22 bits per heavy atom. The van der Waals surface area contributed by atoms with Gasteiger partial charge in [-0.2, -0.15) is 0 Å². The predicted molar refractivity (Wildman–Crippen MR) is 79.0 cm³/mol. The maximum Gasteiger partial charge on any atom is 0.0245 e. The van der Waals surface area contributed by atoms with Gasteiger partial charge < -0.3 is 5.32 Å². The first-order valence-corrected chi connectivity index (χ1v) is 7.37. The first kappa shape index (κ1) is 13.6. The fourth-order valence-electron chi connectivity index (χ4n) is 3.06. The molecule has 0 saturated carbocycles. The summed E-state index contributed by atoms with van der Waals surface area (Å²) in [5.41, 5.74) is 3.25. The summed E-state index contributed by atoms with van der Waals surface area (Å²) in [4.78, 5) is 0. The van der Waals surface area contributed by atoms with Gasteiger partial charge in [-0.05, 0) is 48.8 Å². The third-order valence-electron chi connectivity index (χ3n) is 4.55. The molecule has 1 heteroatoms. The minimum absolute atomic E-state index is 0.333. The highest BCUT2D eigenvalue weighted by Gasteiger charge is 2.36. The summed E-state index contributed by atoms with van der Waals surface area (Å²) >= 11 is 0. The third kappa shape index (κ3) is 2.77. The van der Waals surface area contributed by atoms with E-state index in [0.717, 1.165) is 0 Å². The van der Waals surface area contributed by atoms with E-state index in [4.69, 9.17) is 0 Å². The lowest BCUT2D eigenvalue weighted by atomic mass is 9.79. The highest BCUT2D eigenvalue weighted by Crippen LogP contribution is 2.31. The standard InChI is InChI=1S/C17H27N/c1-13(2)16-8-6-15(7-9-16)12-17(14(3)4)10-5-11-18-17/h6-9,13-14,18H,5,10-12H2,1-4H3. The zero-order valence-electron chi connectivity index (χ0n) is 12.3. The number of nitrogens with one attached hydrogen (secondary N) is 1. The molecule has 1 saturated heterocycles. The molecular weight excluding hydrogens is 218 g/mol. The van der Waals surface area contributed by atoms with Crippen molar-refractivity contribution >= 4 is 0 Å². The van der Waals surface area contributed by atoms with E-state index >= 15 is 0 Å². The van der Waals surface area contributed by atoms with Crippen LogP contribution in [-0.4, -0.2) is 12.1 Å². The molecule has 18 heavy (non-hydrogen) atoms. The van der Waals surface area contributed by atoms with Crippen LogP contribution in [0.1, 0.15) is 57.6 Å². The van der Waals surface area contributed by atoms with Crippen LogP contribution >= 0.6 is 0 Å². The van der Waals surface area contributed by atoms with E-state index in [1.807, 2.05) is 0 Å². The first-order valence-electron chi connectivity index (χ1n) is 7.37. The van der Waals surface area contributed by atoms with E-state index in [0.29, 0.717) is 17.4 Å². The molecule has 1 atom stereocenters. The van der Waals surface area contributed by atoms with Crippen LogP contribution in [0.2, 0.25) is 0 Å². The monoisotopic (exact) mass is 245 g/mol. The van der Waals surface area contributed by atoms with Gasteiger partial charge in [-0.1, -0.05) is 52.0 Å². The number of hydrogen-bond donors (Lipinski definition) is 1. The molecule has 0 aromatic heterocycles. The van der Waals surface area contributed by atoms with Crippen LogP contribution in [0.15, 0.2) is 24.3 Å². The average Bonchev–Trinajstić information content (AvgIpc) is 2.79. The van der Waals surface area contributed by atoms with Gasteiger partial charge in [0, 0.05) is 5.54 Å². The van der Waals surface area contributed by atoms with Crippen LogP contribution in [-0.2, 0) is 6.42 Å². The maximum absolute atomic E-state index is 3.76. The zero-order valence-corrected chi connectivity index (χ0v) is 12.3. The Labute approximate surface area is 112 Å². The van der Waals surface area contributed by atoms with Crippen molar-refractivity contribution in [3.8, 4) is 0 Å². The van der Waals surface area contributed by atoms with Gasteiger partial charge in [0.05, 0.1) is 0 Å². The summed E-state index contributed by atoms with van der Waals surface area (Å²) in [6, 6.07) is 9.23. The van der Waals surface area contributed by atoms with Gasteiger partial charge in [0.25, 0.3) is 0 Å². The van der Waals surface area contributed by atoms with Crippen molar-refractivity contribution in [2.24, 2.45) is 5.92 Å². The lowest BCUT2D eigenvalue weighted by Crippen LogP contribution is -2.46. The second-order valence-electron chi connectivity index (χ2n) is 6.41. The van der Waals surface area contributed by atoms with Gasteiger partial charge in [-0.25, -0.2) is 0 Å². The molecule has 0 aliphatic carbocycles. The lowest BCUT2D eigenvalue weighted by Gasteiger charge is -2.34. The largest absolute Gasteiger partial charge is 0.311 e. The molecule has 1 aliphatic rings. The van der Waals surface area contributed by atoms with Crippen LogP contribution in [0.25, 0.3) is 0 Å². The Kier molecular flexibility index (Phi) is 4.11. The summed E-state index contributed by atoms with van der Waals surface area (Å²) in [7, 11) is 0. The fraction of sp³-hybridized carbons (Fsp3) is 0.647. The van der Waals surface area contributed by atoms with Gasteiger partial charge in [-0.15, -0.1) is 0 Å². The van der Waals surface area contributed by atoms with E-state index in [2.05, 4.69) is 57.3 Å². The smallest absolute Gasteiger partial charge is 0.0245 e. The van der Waals surface area contributed by atoms with Gasteiger partial charge in [-0.3, -0.25) is 0 Å². The molecule has 2 rings (SSSR count). The Bertz CT molecular complexity index is 369. The summed E-state index contributed by atoms with van der Waals surface area (Å²) in [6.45, 7) is 10.4. The normalized spacial score (nSPS) is 24.1. The second-order valence-corrected chi connectivity index (χ2v) is 6.41. The van der Waals surface area contributed by atoms with E-state index < -0.39 is 0 Å².